The highest BCUT2D eigenvalue weighted by molar-refractivity contribution is 7.22. The van der Waals surface area contributed by atoms with Crippen LogP contribution in [0.25, 0.3) is 42.8 Å². The van der Waals surface area contributed by atoms with Crippen LogP contribution < -0.4 is 0 Å². The Hall–Kier alpha value is -3.22. The van der Waals surface area contributed by atoms with Crippen molar-refractivity contribution in [2.24, 2.45) is 7.05 Å². The summed E-state index contributed by atoms with van der Waals surface area (Å²) in [5.41, 5.74) is 7.52. The smallest absolute Gasteiger partial charge is 0.307 e. The van der Waals surface area contributed by atoms with Crippen LogP contribution in [0.1, 0.15) is 16.8 Å². The molecule has 0 fully saturated rings. The van der Waals surface area contributed by atoms with Crippen LogP contribution in [-0.4, -0.2) is 25.8 Å². The Morgan fingerprint density at radius 3 is 2.53 bits per heavy atom. The van der Waals surface area contributed by atoms with E-state index in [1.807, 2.05) is 55.9 Å². The number of hydrogen-bond acceptors (Lipinski definition) is 4. The topological polar surface area (TPSA) is 68.0 Å². The summed E-state index contributed by atoms with van der Waals surface area (Å²) in [4.78, 5) is 16.6. The predicted octanol–water partition coefficient (Wildman–Crippen LogP) is 6.41. The van der Waals surface area contributed by atoms with Crippen molar-refractivity contribution >= 4 is 50.0 Å². The van der Waals surface area contributed by atoms with Crippen LogP contribution in [0.15, 0.2) is 48.5 Å². The second-order valence-corrected chi connectivity index (χ2v) is 9.37. The fourth-order valence-electron chi connectivity index (χ4n) is 4.23. The van der Waals surface area contributed by atoms with Gasteiger partial charge >= 0.3 is 5.97 Å². The molecule has 1 N–H and O–H groups in total. The highest BCUT2D eigenvalue weighted by atomic mass is 35.5. The van der Waals surface area contributed by atoms with Crippen LogP contribution in [0.2, 0.25) is 5.02 Å². The van der Waals surface area contributed by atoms with Crippen LogP contribution in [0.3, 0.4) is 0 Å². The fraction of sp³-hybridized carbons (Fsp3) is 0.160. The van der Waals surface area contributed by atoms with Crippen LogP contribution in [0.5, 0.6) is 0 Å². The fourth-order valence-corrected chi connectivity index (χ4v) is 5.49. The van der Waals surface area contributed by atoms with Gasteiger partial charge < -0.3 is 5.11 Å². The van der Waals surface area contributed by atoms with Gasteiger partial charge in [0.1, 0.15) is 5.01 Å². The maximum Gasteiger partial charge on any atom is 0.307 e. The van der Waals surface area contributed by atoms with Crippen LogP contribution in [-0.2, 0) is 18.3 Å². The highest BCUT2D eigenvalue weighted by Gasteiger charge is 2.20. The first kappa shape index (κ1) is 20.7. The summed E-state index contributed by atoms with van der Waals surface area (Å²) in [5.74, 6) is -0.857. The average molecular weight is 462 g/mol. The van der Waals surface area contributed by atoms with Crippen molar-refractivity contribution < 1.29 is 9.90 Å². The summed E-state index contributed by atoms with van der Waals surface area (Å²) in [7, 11) is 1.94. The number of aryl methyl sites for hydroxylation is 3. The normalized spacial score (nSPS) is 11.5. The standard InChI is InChI=1S/C25H20ClN3O2S/c1-13-10-20-24(23(18(13)12-22(30)31)15-4-7-17(26)8-5-15)32-25(27-20)16-6-9-21-19(11-16)14(2)28-29(21)3/h4-11H,12H2,1-3H3,(H,30,31). The number of hydrogen-bond donors (Lipinski definition) is 1. The molecule has 0 aliphatic carbocycles. The van der Waals surface area contributed by atoms with Gasteiger partial charge in [-0.1, -0.05) is 23.7 Å². The third-order valence-electron chi connectivity index (χ3n) is 5.75. The average Bonchev–Trinajstić information content (AvgIpc) is 3.29. The van der Waals surface area contributed by atoms with Gasteiger partial charge in [-0.2, -0.15) is 5.10 Å². The van der Waals surface area contributed by atoms with E-state index < -0.39 is 5.97 Å². The summed E-state index contributed by atoms with van der Waals surface area (Å²) in [6, 6.07) is 15.8. The van der Waals surface area contributed by atoms with Gasteiger partial charge in [0.15, 0.2) is 0 Å². The van der Waals surface area contributed by atoms with Crippen molar-refractivity contribution in [3.63, 3.8) is 0 Å². The summed E-state index contributed by atoms with van der Waals surface area (Å²) < 4.78 is 2.86. The largest absolute Gasteiger partial charge is 0.481 e. The highest BCUT2D eigenvalue weighted by Crippen LogP contribution is 2.41. The van der Waals surface area contributed by atoms with E-state index in [0.29, 0.717) is 5.02 Å². The minimum atomic E-state index is -0.857. The number of carbonyl (C=O) groups is 1. The minimum absolute atomic E-state index is 0.0478. The molecule has 0 amide bonds. The molecule has 2 aromatic heterocycles. The summed E-state index contributed by atoms with van der Waals surface area (Å²) in [5, 5.41) is 16.7. The molecule has 0 bridgehead atoms. The van der Waals surface area contributed by atoms with Crippen LogP contribution in [0.4, 0.5) is 0 Å². The molecule has 160 valence electrons. The lowest BCUT2D eigenvalue weighted by Crippen LogP contribution is -2.04. The number of rotatable bonds is 4. The Balaban J connectivity index is 1.76. The zero-order valence-electron chi connectivity index (χ0n) is 17.8. The van der Waals surface area contributed by atoms with Crippen molar-refractivity contribution in [2.45, 2.75) is 20.3 Å². The van der Waals surface area contributed by atoms with Crippen molar-refractivity contribution in [3.8, 4) is 21.7 Å². The van der Waals surface area contributed by atoms with E-state index in [0.717, 1.165) is 59.6 Å². The molecule has 5 aromatic rings. The van der Waals surface area contributed by atoms with Gasteiger partial charge in [0.2, 0.25) is 0 Å². The summed E-state index contributed by atoms with van der Waals surface area (Å²) in [6.45, 7) is 3.95. The molecule has 5 rings (SSSR count). The molecule has 0 aliphatic heterocycles. The van der Waals surface area contributed by atoms with E-state index in [2.05, 4.69) is 23.3 Å². The first-order chi connectivity index (χ1) is 15.3. The van der Waals surface area contributed by atoms with Crippen molar-refractivity contribution in [1.82, 2.24) is 14.8 Å². The molecule has 0 aliphatic rings. The third kappa shape index (κ3) is 3.45. The molecular formula is C25H20ClN3O2S. The molecule has 5 nitrogen and oxygen atoms in total. The Bertz CT molecular complexity index is 1520. The predicted molar refractivity (Wildman–Crippen MR) is 131 cm³/mol. The lowest BCUT2D eigenvalue weighted by atomic mass is 9.93. The number of fused-ring (bicyclic) bond motifs is 2. The number of benzene rings is 3. The lowest BCUT2D eigenvalue weighted by molar-refractivity contribution is -0.136. The molecule has 0 atom stereocenters. The monoisotopic (exact) mass is 461 g/mol. The van der Waals surface area contributed by atoms with E-state index in [4.69, 9.17) is 16.6 Å². The van der Waals surface area contributed by atoms with Crippen molar-refractivity contribution in [2.75, 3.05) is 0 Å². The number of halogens is 1. The first-order valence-electron chi connectivity index (χ1n) is 10.2. The number of aliphatic carboxylic acids is 1. The molecule has 0 radical (unpaired) electrons. The van der Waals surface area contributed by atoms with Gasteiger partial charge in [0, 0.05) is 28.6 Å². The van der Waals surface area contributed by atoms with Gasteiger partial charge in [-0.05, 0) is 66.9 Å². The molecule has 0 unspecified atom stereocenters. The van der Waals surface area contributed by atoms with Crippen molar-refractivity contribution in [1.29, 1.82) is 0 Å². The molecule has 0 spiro atoms. The molecular weight excluding hydrogens is 442 g/mol. The van der Waals surface area contributed by atoms with Crippen molar-refractivity contribution in [3.05, 3.63) is 70.4 Å². The van der Waals surface area contributed by atoms with Gasteiger partial charge in [0.25, 0.3) is 0 Å². The second-order valence-electron chi connectivity index (χ2n) is 7.93. The SMILES string of the molecule is Cc1cc2nc(-c3ccc4c(c3)c(C)nn4C)sc2c(-c2ccc(Cl)cc2)c1CC(=O)O. The number of aromatic nitrogens is 3. The van der Waals surface area contributed by atoms with Crippen LogP contribution >= 0.6 is 22.9 Å². The number of thiazole rings is 1. The van der Waals surface area contributed by atoms with Gasteiger partial charge in [-0.15, -0.1) is 11.3 Å². The molecule has 2 heterocycles. The van der Waals surface area contributed by atoms with Gasteiger partial charge in [0.05, 0.1) is 27.8 Å². The van der Waals surface area contributed by atoms with E-state index in [9.17, 15) is 9.90 Å². The molecule has 0 saturated heterocycles. The molecule has 3 aromatic carbocycles. The quantitative estimate of drug-likeness (QED) is 0.335. The number of carboxylic acid groups (broad SMARTS) is 1. The maximum absolute atomic E-state index is 11.6. The van der Waals surface area contributed by atoms with E-state index in [1.54, 1.807) is 11.3 Å². The first-order valence-corrected chi connectivity index (χ1v) is 11.4. The van der Waals surface area contributed by atoms with E-state index in [-0.39, 0.29) is 6.42 Å². The lowest BCUT2D eigenvalue weighted by Gasteiger charge is -2.13. The molecule has 7 heteroatoms. The van der Waals surface area contributed by atoms with Gasteiger partial charge in [-0.3, -0.25) is 9.48 Å². The van der Waals surface area contributed by atoms with Gasteiger partial charge in [-0.25, -0.2) is 4.98 Å². The Morgan fingerprint density at radius 2 is 1.81 bits per heavy atom. The maximum atomic E-state index is 11.6. The zero-order valence-corrected chi connectivity index (χ0v) is 19.4. The Labute approximate surface area is 193 Å². The Morgan fingerprint density at radius 1 is 1.09 bits per heavy atom. The number of nitrogens with zero attached hydrogens (tertiary/aromatic N) is 3. The van der Waals surface area contributed by atoms with Crippen LogP contribution in [0, 0.1) is 13.8 Å². The Kier molecular flexibility index (Phi) is 4.99. The summed E-state index contributed by atoms with van der Waals surface area (Å²) >= 11 is 7.69. The molecule has 0 saturated carbocycles. The minimum Gasteiger partial charge on any atom is -0.481 e. The van der Waals surface area contributed by atoms with E-state index >= 15 is 0 Å². The van der Waals surface area contributed by atoms with E-state index in [1.165, 1.54) is 0 Å². The number of carboxylic acids is 1. The summed E-state index contributed by atoms with van der Waals surface area (Å²) in [6.07, 6.45) is -0.0478. The molecule has 32 heavy (non-hydrogen) atoms. The second kappa shape index (κ2) is 7.73. The zero-order chi connectivity index (χ0) is 22.6. The third-order valence-corrected chi connectivity index (χ3v) is 7.14.